The second-order valence-corrected chi connectivity index (χ2v) is 5.53. The van der Waals surface area contributed by atoms with Gasteiger partial charge < -0.3 is 4.57 Å². The third-order valence-corrected chi connectivity index (χ3v) is 4.02. The van der Waals surface area contributed by atoms with E-state index in [-0.39, 0.29) is 5.43 Å². The first-order valence-electron chi connectivity index (χ1n) is 6.81. The number of fused-ring (bicyclic) bond motifs is 1. The fourth-order valence-electron chi connectivity index (χ4n) is 2.50. The maximum absolute atomic E-state index is 12.1. The fraction of sp³-hybridized carbons (Fsp3) is 0.0556. The van der Waals surface area contributed by atoms with Crippen LogP contribution in [0, 0.1) is 29.6 Å². The number of aryl methyl sites for hydroxylation is 1. The summed E-state index contributed by atoms with van der Waals surface area (Å²) in [6.45, 7) is 1.81. The summed E-state index contributed by atoms with van der Waals surface area (Å²) in [5.41, 5.74) is 2.80. The maximum Gasteiger partial charge on any atom is 0.189 e. The molecule has 3 aromatic rings. The minimum Gasteiger partial charge on any atom is -0.315 e. The zero-order valence-electron chi connectivity index (χ0n) is 12.2. The number of hydrogen-bond acceptors (Lipinski definition) is 3. The molecule has 0 aliphatic rings. The Morgan fingerprint density at radius 1 is 1.09 bits per heavy atom. The van der Waals surface area contributed by atoms with Crippen LogP contribution in [0.4, 0.5) is 0 Å². The van der Waals surface area contributed by atoms with E-state index in [1.165, 1.54) is 6.07 Å². The van der Waals surface area contributed by atoms with Gasteiger partial charge in [-0.25, -0.2) is 0 Å². The largest absolute Gasteiger partial charge is 0.315 e. The standard InChI is InChI=1S/C18H10ClN3O/c1-11-6-16-14(8-13(11)10-21)18(23)4-5-22(16)17-7-12(9-20)2-3-15(17)19/h2-8H,1H3. The molecule has 0 atom stereocenters. The first-order valence-corrected chi connectivity index (χ1v) is 7.19. The van der Waals surface area contributed by atoms with Gasteiger partial charge in [0.05, 0.1) is 39.5 Å². The summed E-state index contributed by atoms with van der Waals surface area (Å²) in [5, 5.41) is 19.1. The van der Waals surface area contributed by atoms with Crippen LogP contribution >= 0.6 is 11.6 Å². The van der Waals surface area contributed by atoms with Gasteiger partial charge in [-0.15, -0.1) is 0 Å². The van der Waals surface area contributed by atoms with Gasteiger partial charge in [0.1, 0.15) is 0 Å². The van der Waals surface area contributed by atoms with Crippen molar-refractivity contribution in [2.45, 2.75) is 6.92 Å². The van der Waals surface area contributed by atoms with Crippen LogP contribution in [0.5, 0.6) is 0 Å². The number of benzene rings is 2. The van der Waals surface area contributed by atoms with Gasteiger partial charge in [0.25, 0.3) is 0 Å². The molecule has 5 heteroatoms. The Balaban J connectivity index is 2.43. The van der Waals surface area contributed by atoms with Gasteiger partial charge in [0.15, 0.2) is 5.43 Å². The Bertz CT molecular complexity index is 1080. The Morgan fingerprint density at radius 2 is 1.87 bits per heavy atom. The highest BCUT2D eigenvalue weighted by Gasteiger charge is 2.11. The molecule has 0 aliphatic carbocycles. The van der Waals surface area contributed by atoms with Crippen molar-refractivity contribution in [1.82, 2.24) is 4.57 Å². The van der Waals surface area contributed by atoms with Gasteiger partial charge in [-0.2, -0.15) is 10.5 Å². The van der Waals surface area contributed by atoms with Gasteiger partial charge in [0, 0.05) is 17.6 Å². The van der Waals surface area contributed by atoms with E-state index in [9.17, 15) is 4.79 Å². The van der Waals surface area contributed by atoms with E-state index >= 15 is 0 Å². The average molecular weight is 320 g/mol. The molecule has 110 valence electrons. The number of nitrogens with zero attached hydrogens (tertiary/aromatic N) is 3. The highest BCUT2D eigenvalue weighted by molar-refractivity contribution is 6.32. The predicted octanol–water partition coefficient (Wildman–Crippen LogP) is 3.70. The number of halogens is 1. The van der Waals surface area contributed by atoms with Gasteiger partial charge in [-0.3, -0.25) is 4.79 Å². The van der Waals surface area contributed by atoms with E-state index in [1.54, 1.807) is 41.1 Å². The zero-order chi connectivity index (χ0) is 16.6. The van der Waals surface area contributed by atoms with Gasteiger partial charge >= 0.3 is 0 Å². The summed E-state index contributed by atoms with van der Waals surface area (Å²) in [6, 6.07) is 13.9. The number of rotatable bonds is 1. The van der Waals surface area contributed by atoms with Crippen LogP contribution in [0.2, 0.25) is 5.02 Å². The average Bonchev–Trinajstić information content (AvgIpc) is 2.56. The molecule has 2 aromatic carbocycles. The first kappa shape index (κ1) is 14.8. The molecule has 23 heavy (non-hydrogen) atoms. The molecule has 1 aromatic heterocycles. The summed E-state index contributed by atoms with van der Waals surface area (Å²) in [4.78, 5) is 12.1. The molecule has 3 rings (SSSR count). The number of pyridine rings is 1. The fourth-order valence-corrected chi connectivity index (χ4v) is 2.71. The molecule has 4 nitrogen and oxygen atoms in total. The third-order valence-electron chi connectivity index (χ3n) is 3.70. The normalized spacial score (nSPS) is 10.3. The molecular weight excluding hydrogens is 310 g/mol. The number of hydrogen-bond donors (Lipinski definition) is 0. The van der Waals surface area contributed by atoms with Crippen LogP contribution in [-0.2, 0) is 0 Å². The SMILES string of the molecule is Cc1cc2c(cc1C#N)c(=O)ccn2-c1cc(C#N)ccc1Cl. The third kappa shape index (κ3) is 2.46. The topological polar surface area (TPSA) is 69.6 Å². The lowest BCUT2D eigenvalue weighted by Crippen LogP contribution is -2.08. The Hall–Kier alpha value is -3.08. The van der Waals surface area contributed by atoms with Crippen LogP contribution in [0.3, 0.4) is 0 Å². The Labute approximate surface area is 137 Å². The molecule has 0 saturated carbocycles. The molecule has 0 aliphatic heterocycles. The van der Waals surface area contributed by atoms with E-state index in [1.807, 2.05) is 6.92 Å². The van der Waals surface area contributed by atoms with Gasteiger partial charge in [-0.1, -0.05) is 11.6 Å². The smallest absolute Gasteiger partial charge is 0.189 e. The molecule has 0 radical (unpaired) electrons. The summed E-state index contributed by atoms with van der Waals surface area (Å²) >= 11 is 6.27. The molecule has 0 fully saturated rings. The van der Waals surface area contributed by atoms with E-state index in [4.69, 9.17) is 22.1 Å². The summed E-state index contributed by atoms with van der Waals surface area (Å²) in [6.07, 6.45) is 1.62. The minimum absolute atomic E-state index is 0.166. The van der Waals surface area contributed by atoms with Crippen LogP contribution in [0.15, 0.2) is 47.4 Å². The Kier molecular flexibility index (Phi) is 3.62. The van der Waals surface area contributed by atoms with E-state index in [0.717, 1.165) is 5.56 Å². The van der Waals surface area contributed by atoms with Crippen molar-refractivity contribution in [2.24, 2.45) is 0 Å². The van der Waals surface area contributed by atoms with Crippen LogP contribution in [0.1, 0.15) is 16.7 Å². The minimum atomic E-state index is -0.166. The molecule has 0 saturated heterocycles. The molecule has 1 heterocycles. The molecule has 0 amide bonds. The zero-order valence-corrected chi connectivity index (χ0v) is 12.9. The van der Waals surface area contributed by atoms with Crippen molar-refractivity contribution in [3.8, 4) is 17.8 Å². The van der Waals surface area contributed by atoms with Crippen molar-refractivity contribution in [3.63, 3.8) is 0 Å². The second kappa shape index (κ2) is 5.61. The molecule has 0 unspecified atom stereocenters. The number of nitriles is 2. The molecule has 0 spiro atoms. The molecular formula is C18H10ClN3O. The van der Waals surface area contributed by atoms with Crippen molar-refractivity contribution in [2.75, 3.05) is 0 Å². The molecule has 0 N–H and O–H groups in total. The molecule has 0 bridgehead atoms. The second-order valence-electron chi connectivity index (χ2n) is 5.12. The highest BCUT2D eigenvalue weighted by atomic mass is 35.5. The first-order chi connectivity index (χ1) is 11.0. The lowest BCUT2D eigenvalue weighted by atomic mass is 10.0. The Morgan fingerprint density at radius 3 is 2.57 bits per heavy atom. The maximum atomic E-state index is 12.1. The van der Waals surface area contributed by atoms with E-state index in [0.29, 0.717) is 32.7 Å². The summed E-state index contributed by atoms with van der Waals surface area (Å²) in [7, 11) is 0. The quantitative estimate of drug-likeness (QED) is 0.686. The van der Waals surface area contributed by atoms with Crippen molar-refractivity contribution < 1.29 is 0 Å². The van der Waals surface area contributed by atoms with Crippen LogP contribution in [0.25, 0.3) is 16.6 Å². The van der Waals surface area contributed by atoms with E-state index in [2.05, 4.69) is 12.1 Å². The van der Waals surface area contributed by atoms with Crippen molar-refractivity contribution >= 4 is 22.5 Å². The van der Waals surface area contributed by atoms with Gasteiger partial charge in [-0.05, 0) is 42.8 Å². The van der Waals surface area contributed by atoms with Crippen LogP contribution < -0.4 is 5.43 Å². The number of aromatic nitrogens is 1. The van der Waals surface area contributed by atoms with Gasteiger partial charge in [0.2, 0.25) is 0 Å². The monoisotopic (exact) mass is 319 g/mol. The van der Waals surface area contributed by atoms with Crippen molar-refractivity contribution in [1.29, 1.82) is 10.5 Å². The van der Waals surface area contributed by atoms with Crippen LogP contribution in [-0.4, -0.2) is 4.57 Å². The summed E-state index contributed by atoms with van der Waals surface area (Å²) < 4.78 is 1.76. The highest BCUT2D eigenvalue weighted by Crippen LogP contribution is 2.26. The lowest BCUT2D eigenvalue weighted by molar-refractivity contribution is 1.09. The van der Waals surface area contributed by atoms with E-state index < -0.39 is 0 Å². The summed E-state index contributed by atoms with van der Waals surface area (Å²) in [5.74, 6) is 0. The predicted molar refractivity (Wildman–Crippen MR) is 88.7 cm³/mol. The van der Waals surface area contributed by atoms with Crippen molar-refractivity contribution in [3.05, 3.63) is 74.5 Å². The lowest BCUT2D eigenvalue weighted by Gasteiger charge is -2.13.